The van der Waals surface area contributed by atoms with E-state index >= 15 is 0 Å². The van der Waals surface area contributed by atoms with Crippen LogP contribution in [0.4, 0.5) is 0 Å². The summed E-state index contributed by atoms with van der Waals surface area (Å²) in [6, 6.07) is 9.77. The number of rotatable bonds is 3. The van der Waals surface area contributed by atoms with Gasteiger partial charge in [-0.1, -0.05) is 28.1 Å². The largest absolute Gasteiger partial charge is 0.497 e. The Kier molecular flexibility index (Phi) is 3.66. The van der Waals surface area contributed by atoms with Gasteiger partial charge in [-0.15, -0.1) is 0 Å². The van der Waals surface area contributed by atoms with Crippen molar-refractivity contribution in [2.24, 2.45) is 0 Å². The van der Waals surface area contributed by atoms with Gasteiger partial charge >= 0.3 is 0 Å². The molecule has 0 spiro atoms. The summed E-state index contributed by atoms with van der Waals surface area (Å²) in [4.78, 5) is 12.2. The quantitative estimate of drug-likeness (QED) is 0.793. The summed E-state index contributed by atoms with van der Waals surface area (Å²) in [7, 11) is 1.65. The number of Topliss-reactive ketones (excluding diaryl/α,β-unsaturated/α-hetero) is 1. The topological polar surface area (TPSA) is 39.4 Å². The lowest BCUT2D eigenvalue weighted by molar-refractivity contribution is 0.0960. The third-order valence-corrected chi connectivity index (χ3v) is 4.30. The van der Waals surface area contributed by atoms with Crippen LogP contribution >= 0.6 is 15.9 Å². The molecule has 0 fully saturated rings. The molecule has 0 radical (unpaired) electrons. The highest BCUT2D eigenvalue weighted by Gasteiger charge is 2.29. The normalized spacial score (nSPS) is 17.9. The third kappa shape index (κ3) is 2.40. The Morgan fingerprint density at radius 2 is 2.05 bits per heavy atom. The van der Waals surface area contributed by atoms with Gasteiger partial charge in [0.1, 0.15) is 17.3 Å². The van der Waals surface area contributed by atoms with Gasteiger partial charge in [0, 0.05) is 12.8 Å². The maximum atomic E-state index is 12.2. The van der Waals surface area contributed by atoms with Crippen LogP contribution in [0.5, 0.6) is 5.75 Å². The molecule has 0 saturated carbocycles. The van der Waals surface area contributed by atoms with E-state index in [1.54, 1.807) is 7.11 Å². The van der Waals surface area contributed by atoms with Gasteiger partial charge in [0.15, 0.2) is 5.78 Å². The second kappa shape index (κ2) is 5.44. The van der Waals surface area contributed by atoms with Crippen LogP contribution in [0.3, 0.4) is 0 Å². The maximum Gasteiger partial charge on any atom is 0.167 e. The first-order valence-electron chi connectivity index (χ1n) is 6.56. The van der Waals surface area contributed by atoms with Gasteiger partial charge in [-0.25, -0.2) is 0 Å². The number of methoxy groups -OCH3 is 1. The summed E-state index contributed by atoms with van der Waals surface area (Å²) >= 11 is 3.36. The van der Waals surface area contributed by atoms with Crippen LogP contribution in [0.25, 0.3) is 0 Å². The molecule has 3 rings (SSSR count). The van der Waals surface area contributed by atoms with Gasteiger partial charge in [0.25, 0.3) is 0 Å². The molecule has 0 saturated heterocycles. The minimum Gasteiger partial charge on any atom is -0.497 e. The summed E-state index contributed by atoms with van der Waals surface area (Å²) in [5.41, 5.74) is 1.91. The van der Waals surface area contributed by atoms with Crippen molar-refractivity contribution in [3.63, 3.8) is 0 Å². The van der Waals surface area contributed by atoms with Crippen molar-refractivity contribution in [1.82, 2.24) is 0 Å². The molecule has 1 atom stereocenters. The molecule has 0 bridgehead atoms. The Labute approximate surface area is 126 Å². The number of ether oxygens (including phenoxy) is 1. The number of carbonyl (C=O) groups excluding carboxylic acids is 1. The highest BCUT2D eigenvalue weighted by atomic mass is 79.9. The van der Waals surface area contributed by atoms with Crippen molar-refractivity contribution in [3.8, 4) is 5.75 Å². The molecule has 3 nitrogen and oxygen atoms in total. The second-order valence-corrected chi connectivity index (χ2v) is 5.55. The van der Waals surface area contributed by atoms with Crippen molar-refractivity contribution in [2.45, 2.75) is 24.1 Å². The van der Waals surface area contributed by atoms with E-state index in [1.165, 1.54) is 0 Å². The van der Waals surface area contributed by atoms with Crippen molar-refractivity contribution in [1.29, 1.82) is 0 Å². The molecule has 1 unspecified atom stereocenters. The Hall–Kier alpha value is -1.55. The average Bonchev–Trinajstić information content (AvgIpc) is 2.91. The molecule has 1 aromatic heterocycles. The predicted octanol–water partition coefficient (Wildman–Crippen LogP) is 4.10. The summed E-state index contributed by atoms with van der Waals surface area (Å²) in [6.07, 6.45) is 1.32. The predicted molar refractivity (Wildman–Crippen MR) is 79.7 cm³/mol. The number of furan rings is 1. The fourth-order valence-electron chi connectivity index (χ4n) is 2.68. The third-order valence-electron chi connectivity index (χ3n) is 3.74. The highest BCUT2D eigenvalue weighted by molar-refractivity contribution is 9.08. The molecule has 0 aliphatic heterocycles. The molecule has 20 heavy (non-hydrogen) atoms. The molecular formula is C16H15BrO3. The van der Waals surface area contributed by atoms with Gasteiger partial charge in [-0.2, -0.15) is 0 Å². The van der Waals surface area contributed by atoms with Crippen LogP contribution in [0, 0.1) is 0 Å². The summed E-state index contributed by atoms with van der Waals surface area (Å²) in [5, 5.41) is 0.639. The number of alkyl halides is 1. The van der Waals surface area contributed by atoms with Crippen LogP contribution in [-0.4, -0.2) is 12.9 Å². The zero-order valence-corrected chi connectivity index (χ0v) is 12.8. The van der Waals surface area contributed by atoms with Crippen LogP contribution in [0.1, 0.15) is 39.8 Å². The van der Waals surface area contributed by atoms with Crippen molar-refractivity contribution < 1.29 is 13.9 Å². The fourth-order valence-corrected chi connectivity index (χ4v) is 2.96. The molecular weight excluding hydrogens is 320 g/mol. The standard InChI is InChI=1S/C16H15BrO3/c1-19-12-4-2-10(3-5-12)11-6-15(18)14-8-13(9-17)20-16(14)7-11/h2-5,8,11H,6-7,9H2,1H3. The minimum atomic E-state index is 0.169. The van der Waals surface area contributed by atoms with Gasteiger partial charge in [0.05, 0.1) is 18.0 Å². The summed E-state index contributed by atoms with van der Waals surface area (Å²) in [5.74, 6) is 2.82. The van der Waals surface area contributed by atoms with E-state index in [9.17, 15) is 4.79 Å². The molecule has 104 valence electrons. The maximum absolute atomic E-state index is 12.2. The lowest BCUT2D eigenvalue weighted by Gasteiger charge is -2.20. The van der Waals surface area contributed by atoms with Gasteiger partial charge in [-0.05, 0) is 29.7 Å². The van der Waals surface area contributed by atoms with Crippen molar-refractivity contribution in [2.75, 3.05) is 7.11 Å². The zero-order valence-electron chi connectivity index (χ0n) is 11.2. The number of ketones is 1. The van der Waals surface area contributed by atoms with E-state index in [0.29, 0.717) is 11.8 Å². The highest BCUT2D eigenvalue weighted by Crippen LogP contribution is 2.35. The number of fused-ring (bicyclic) bond motifs is 1. The number of halogens is 1. The lowest BCUT2D eigenvalue weighted by atomic mass is 9.83. The van der Waals surface area contributed by atoms with E-state index < -0.39 is 0 Å². The van der Waals surface area contributed by atoms with Crippen molar-refractivity contribution >= 4 is 21.7 Å². The number of carbonyl (C=O) groups is 1. The summed E-state index contributed by atoms with van der Waals surface area (Å²) < 4.78 is 10.9. The van der Waals surface area contributed by atoms with E-state index in [-0.39, 0.29) is 11.7 Å². The SMILES string of the molecule is COc1ccc(C2CC(=O)c3cc(CBr)oc3C2)cc1. The molecule has 4 heteroatoms. The Morgan fingerprint density at radius 1 is 1.30 bits per heavy atom. The molecule has 0 amide bonds. The Bertz CT molecular complexity index is 628. The zero-order chi connectivity index (χ0) is 14.1. The first-order chi connectivity index (χ1) is 9.71. The Balaban J connectivity index is 1.88. The van der Waals surface area contributed by atoms with E-state index in [1.807, 2.05) is 30.3 Å². The Morgan fingerprint density at radius 3 is 2.70 bits per heavy atom. The first kappa shape index (κ1) is 13.4. The van der Waals surface area contributed by atoms with Crippen LogP contribution in [0.2, 0.25) is 0 Å². The molecule has 1 aromatic carbocycles. The average molecular weight is 335 g/mol. The van der Waals surface area contributed by atoms with Crippen LogP contribution < -0.4 is 4.74 Å². The van der Waals surface area contributed by atoms with Gasteiger partial charge in [0.2, 0.25) is 0 Å². The van der Waals surface area contributed by atoms with Crippen LogP contribution in [0.15, 0.2) is 34.7 Å². The minimum absolute atomic E-state index is 0.169. The summed E-state index contributed by atoms with van der Waals surface area (Å²) in [6.45, 7) is 0. The number of benzene rings is 1. The van der Waals surface area contributed by atoms with E-state index in [0.717, 1.165) is 34.8 Å². The number of hydrogen-bond donors (Lipinski definition) is 0. The first-order valence-corrected chi connectivity index (χ1v) is 7.68. The monoisotopic (exact) mass is 334 g/mol. The molecule has 2 aromatic rings. The smallest absolute Gasteiger partial charge is 0.167 e. The van der Waals surface area contributed by atoms with Gasteiger partial charge in [-0.3, -0.25) is 4.79 Å². The second-order valence-electron chi connectivity index (χ2n) is 4.98. The molecule has 1 aliphatic rings. The fraction of sp³-hybridized carbons (Fsp3) is 0.312. The lowest BCUT2D eigenvalue weighted by Crippen LogP contribution is -2.17. The van der Waals surface area contributed by atoms with Crippen molar-refractivity contribution in [3.05, 3.63) is 53.0 Å². The molecule has 0 N–H and O–H groups in total. The van der Waals surface area contributed by atoms with E-state index in [2.05, 4.69) is 15.9 Å². The number of hydrogen-bond acceptors (Lipinski definition) is 3. The van der Waals surface area contributed by atoms with Crippen LogP contribution in [-0.2, 0) is 11.8 Å². The molecule has 1 aliphatic carbocycles. The van der Waals surface area contributed by atoms with Gasteiger partial charge < -0.3 is 9.15 Å². The van der Waals surface area contributed by atoms with E-state index in [4.69, 9.17) is 9.15 Å². The molecule has 1 heterocycles.